The van der Waals surface area contributed by atoms with Gasteiger partial charge in [-0.1, -0.05) is 12.8 Å². The number of fused-ring (bicyclic) bond motifs is 5. The molecule has 0 aromatic rings. The van der Waals surface area contributed by atoms with Crippen LogP contribution in [-0.4, -0.2) is 16.5 Å². The van der Waals surface area contributed by atoms with E-state index in [-0.39, 0.29) is 5.41 Å². The van der Waals surface area contributed by atoms with E-state index in [9.17, 15) is 9.90 Å². The summed E-state index contributed by atoms with van der Waals surface area (Å²) in [5, 5.41) is 11.1. The van der Waals surface area contributed by atoms with Crippen LogP contribution in [0.5, 0.6) is 0 Å². The molecule has 2 heteroatoms. The van der Waals surface area contributed by atoms with Crippen LogP contribution in [0, 0.1) is 47.3 Å². The summed E-state index contributed by atoms with van der Waals surface area (Å²) in [5.41, 5.74) is -0.920. The highest BCUT2D eigenvalue weighted by atomic mass is 16.3. The Morgan fingerprint density at radius 3 is 2.70 bits per heavy atom. The van der Waals surface area contributed by atoms with Gasteiger partial charge in [0.1, 0.15) is 11.4 Å². The number of rotatable bonds is 1. The first kappa shape index (κ1) is 15.7. The molecule has 0 unspecified atom stereocenters. The van der Waals surface area contributed by atoms with Crippen molar-refractivity contribution in [1.29, 1.82) is 0 Å². The first-order chi connectivity index (χ1) is 11.0. The Morgan fingerprint density at radius 1 is 1.13 bits per heavy atom. The summed E-state index contributed by atoms with van der Waals surface area (Å²) in [6.07, 6.45) is 16.2. The highest BCUT2D eigenvalue weighted by molar-refractivity contribution is 5.79. The van der Waals surface area contributed by atoms with Gasteiger partial charge in [-0.15, -0.1) is 6.42 Å². The zero-order valence-corrected chi connectivity index (χ0v) is 14.4. The van der Waals surface area contributed by atoms with Crippen molar-refractivity contribution < 1.29 is 9.90 Å². The molecule has 4 aliphatic carbocycles. The molecule has 0 spiro atoms. The summed E-state index contributed by atoms with van der Waals surface area (Å²) < 4.78 is 0. The first-order valence-corrected chi connectivity index (χ1v) is 9.76. The summed E-state index contributed by atoms with van der Waals surface area (Å²) in [6.45, 7) is 2.23. The predicted molar refractivity (Wildman–Crippen MR) is 90.5 cm³/mol. The molecule has 1 N–H and O–H groups in total. The second kappa shape index (κ2) is 5.35. The van der Waals surface area contributed by atoms with E-state index in [4.69, 9.17) is 6.42 Å². The van der Waals surface area contributed by atoms with Gasteiger partial charge >= 0.3 is 0 Å². The topological polar surface area (TPSA) is 37.3 Å². The molecule has 0 bridgehead atoms. The van der Waals surface area contributed by atoms with Crippen molar-refractivity contribution >= 4 is 5.78 Å². The van der Waals surface area contributed by atoms with Gasteiger partial charge in [0.2, 0.25) is 0 Å². The fourth-order valence-corrected chi connectivity index (χ4v) is 7.44. The van der Waals surface area contributed by atoms with Crippen molar-refractivity contribution in [1.82, 2.24) is 0 Å². The molecule has 4 saturated carbocycles. The Bertz CT molecular complexity index is 547. The number of carbonyl (C=O) groups excluding carboxylic acids is 1. The zero-order valence-electron chi connectivity index (χ0n) is 14.4. The second-order valence-electron chi connectivity index (χ2n) is 8.81. The standard InChI is InChI=1S/C21H30O2/c1-3-20-11-9-17-16-8-6-15(22)13-14(16)5-7-18(17)19(20)10-12-21(20,23)4-2/h2,14,16-19,23H,3,5-13H2,1H3/t14-,16+,17+,18-,19-,20+,21+/m1/s1. The molecule has 0 aromatic carbocycles. The molecule has 4 rings (SSSR count). The molecule has 23 heavy (non-hydrogen) atoms. The van der Waals surface area contributed by atoms with Crippen LogP contribution in [0.3, 0.4) is 0 Å². The molecule has 2 nitrogen and oxygen atoms in total. The molecule has 0 radical (unpaired) electrons. The van der Waals surface area contributed by atoms with Gasteiger partial charge in [-0.2, -0.15) is 0 Å². The minimum atomic E-state index is -0.878. The lowest BCUT2D eigenvalue weighted by Gasteiger charge is -2.57. The third kappa shape index (κ3) is 2.02. The average Bonchev–Trinajstić information content (AvgIpc) is 2.88. The Labute approximate surface area is 140 Å². The average molecular weight is 314 g/mol. The van der Waals surface area contributed by atoms with Crippen molar-refractivity contribution in [3.63, 3.8) is 0 Å². The lowest BCUT2D eigenvalue weighted by molar-refractivity contribution is -0.133. The monoisotopic (exact) mass is 314 g/mol. The van der Waals surface area contributed by atoms with E-state index in [1.54, 1.807) is 0 Å². The number of hydrogen-bond donors (Lipinski definition) is 1. The maximum absolute atomic E-state index is 11.8. The summed E-state index contributed by atoms with van der Waals surface area (Å²) in [5.74, 6) is 6.83. The van der Waals surface area contributed by atoms with Crippen LogP contribution in [0.4, 0.5) is 0 Å². The van der Waals surface area contributed by atoms with Gasteiger partial charge in [0, 0.05) is 18.3 Å². The minimum Gasteiger partial charge on any atom is -0.377 e. The van der Waals surface area contributed by atoms with Crippen LogP contribution < -0.4 is 0 Å². The number of terminal acetylenes is 1. The molecule has 0 heterocycles. The van der Waals surface area contributed by atoms with Crippen LogP contribution in [-0.2, 0) is 4.79 Å². The maximum Gasteiger partial charge on any atom is 0.133 e. The molecule has 0 aliphatic heterocycles. The number of Topliss-reactive ketones (excluding diaryl/α,β-unsaturated/α-hetero) is 1. The molecule has 4 fully saturated rings. The molecule has 0 aromatic heterocycles. The Morgan fingerprint density at radius 2 is 1.96 bits per heavy atom. The van der Waals surface area contributed by atoms with Crippen LogP contribution in [0.15, 0.2) is 0 Å². The maximum atomic E-state index is 11.8. The molecular formula is C21H30O2. The van der Waals surface area contributed by atoms with Crippen molar-refractivity contribution in [3.8, 4) is 12.3 Å². The fraction of sp³-hybridized carbons (Fsp3) is 0.857. The number of carbonyl (C=O) groups is 1. The third-order valence-corrected chi connectivity index (χ3v) is 8.48. The predicted octanol–water partition coefficient (Wildman–Crippen LogP) is 3.96. The van der Waals surface area contributed by atoms with Gasteiger partial charge in [0.15, 0.2) is 0 Å². The first-order valence-electron chi connectivity index (χ1n) is 9.76. The minimum absolute atomic E-state index is 0.0414. The molecule has 0 amide bonds. The van der Waals surface area contributed by atoms with Gasteiger partial charge in [-0.05, 0) is 81.0 Å². The fourth-order valence-electron chi connectivity index (χ4n) is 7.44. The summed E-state index contributed by atoms with van der Waals surface area (Å²) >= 11 is 0. The summed E-state index contributed by atoms with van der Waals surface area (Å²) in [6, 6.07) is 0. The van der Waals surface area contributed by atoms with Crippen molar-refractivity contribution in [2.24, 2.45) is 35.0 Å². The molecule has 4 aliphatic rings. The highest BCUT2D eigenvalue weighted by Gasteiger charge is 2.63. The van der Waals surface area contributed by atoms with Crippen LogP contribution in [0.2, 0.25) is 0 Å². The van der Waals surface area contributed by atoms with E-state index >= 15 is 0 Å². The lowest BCUT2D eigenvalue weighted by atomic mass is 9.48. The largest absolute Gasteiger partial charge is 0.377 e. The lowest BCUT2D eigenvalue weighted by Crippen LogP contribution is -2.54. The van der Waals surface area contributed by atoms with Gasteiger partial charge in [-0.3, -0.25) is 4.79 Å². The van der Waals surface area contributed by atoms with E-state index < -0.39 is 5.60 Å². The third-order valence-electron chi connectivity index (χ3n) is 8.48. The molecule has 7 atom stereocenters. The summed E-state index contributed by atoms with van der Waals surface area (Å²) in [7, 11) is 0. The smallest absolute Gasteiger partial charge is 0.133 e. The van der Waals surface area contributed by atoms with Crippen molar-refractivity contribution in [2.75, 3.05) is 0 Å². The number of ketones is 1. The summed E-state index contributed by atoms with van der Waals surface area (Å²) in [4.78, 5) is 11.8. The highest BCUT2D eigenvalue weighted by Crippen LogP contribution is 2.66. The van der Waals surface area contributed by atoms with E-state index in [1.807, 2.05) is 0 Å². The Balaban J connectivity index is 1.63. The van der Waals surface area contributed by atoms with E-state index in [2.05, 4.69) is 12.8 Å². The molecule has 126 valence electrons. The van der Waals surface area contributed by atoms with Gasteiger partial charge in [0.25, 0.3) is 0 Å². The zero-order chi connectivity index (χ0) is 16.2. The number of hydrogen-bond acceptors (Lipinski definition) is 2. The second-order valence-corrected chi connectivity index (χ2v) is 8.81. The van der Waals surface area contributed by atoms with E-state index in [0.29, 0.717) is 17.6 Å². The van der Waals surface area contributed by atoms with Crippen molar-refractivity contribution in [2.45, 2.75) is 76.7 Å². The van der Waals surface area contributed by atoms with Gasteiger partial charge < -0.3 is 5.11 Å². The Hall–Kier alpha value is -0.810. The Kier molecular flexibility index (Phi) is 3.65. The van der Waals surface area contributed by atoms with E-state index in [1.165, 1.54) is 19.3 Å². The molecular weight excluding hydrogens is 284 g/mol. The van der Waals surface area contributed by atoms with Gasteiger partial charge in [0.05, 0.1) is 0 Å². The van der Waals surface area contributed by atoms with E-state index in [0.717, 1.165) is 62.7 Å². The SMILES string of the molecule is C#C[C@]1(O)CC[C@@H]2[C@@H]3CC[C@@H]4CC(=O)CC[C@@H]4[C@@H]3CC[C@@]21CC. The number of aliphatic hydroxyl groups is 1. The van der Waals surface area contributed by atoms with Crippen LogP contribution >= 0.6 is 0 Å². The van der Waals surface area contributed by atoms with Crippen LogP contribution in [0.1, 0.15) is 71.1 Å². The quantitative estimate of drug-likeness (QED) is 0.744. The normalized spacial score (nSPS) is 52.2. The van der Waals surface area contributed by atoms with Crippen LogP contribution in [0.25, 0.3) is 0 Å². The van der Waals surface area contributed by atoms with Gasteiger partial charge in [-0.25, -0.2) is 0 Å². The van der Waals surface area contributed by atoms with Crippen molar-refractivity contribution in [3.05, 3.63) is 0 Å². The molecule has 0 saturated heterocycles.